The first kappa shape index (κ1) is 6.62. The van der Waals surface area contributed by atoms with Crippen LogP contribution >= 0.6 is 0 Å². The van der Waals surface area contributed by atoms with Crippen LogP contribution < -0.4 is 5.32 Å². The van der Waals surface area contributed by atoms with E-state index < -0.39 is 0 Å². The molecule has 0 aromatic heterocycles. The molecule has 0 spiro atoms. The van der Waals surface area contributed by atoms with Gasteiger partial charge in [0.25, 0.3) is 0 Å². The van der Waals surface area contributed by atoms with Gasteiger partial charge in [-0.1, -0.05) is 0 Å². The van der Waals surface area contributed by atoms with Crippen LogP contribution in [0.5, 0.6) is 0 Å². The van der Waals surface area contributed by atoms with Crippen molar-refractivity contribution >= 4 is 0 Å². The molecule has 58 valence electrons. The van der Waals surface area contributed by atoms with E-state index in [1.807, 2.05) is 0 Å². The van der Waals surface area contributed by atoms with E-state index in [9.17, 15) is 0 Å². The van der Waals surface area contributed by atoms with Gasteiger partial charge in [0.1, 0.15) is 0 Å². The Morgan fingerprint density at radius 3 is 3.10 bits per heavy atom. The summed E-state index contributed by atoms with van der Waals surface area (Å²) in [5.74, 6) is 0.834. The highest BCUT2D eigenvalue weighted by Crippen LogP contribution is 2.25. The number of hydrogen-bond acceptors (Lipinski definition) is 2. The molecule has 0 radical (unpaired) electrons. The molecule has 2 nitrogen and oxygen atoms in total. The predicted molar refractivity (Wildman–Crippen MR) is 40.0 cm³/mol. The van der Waals surface area contributed by atoms with Crippen LogP contribution in [0.4, 0.5) is 0 Å². The molecule has 0 aliphatic carbocycles. The second-order valence-corrected chi connectivity index (χ2v) is 3.33. The van der Waals surface area contributed by atoms with E-state index in [1.54, 1.807) is 0 Å². The van der Waals surface area contributed by atoms with Crippen molar-refractivity contribution in [2.24, 2.45) is 5.92 Å². The highest BCUT2D eigenvalue weighted by atomic mass is 16.5. The monoisotopic (exact) mass is 141 g/mol. The number of nitrogens with one attached hydrogen (secondary N) is 1. The lowest BCUT2D eigenvalue weighted by Crippen LogP contribution is -2.46. The lowest BCUT2D eigenvalue weighted by molar-refractivity contribution is -0.119. The zero-order valence-electron chi connectivity index (χ0n) is 6.31. The van der Waals surface area contributed by atoms with Crippen molar-refractivity contribution in [3.05, 3.63) is 0 Å². The molecule has 0 saturated carbocycles. The van der Waals surface area contributed by atoms with Gasteiger partial charge in [0.15, 0.2) is 0 Å². The van der Waals surface area contributed by atoms with Crippen LogP contribution in [0, 0.1) is 5.92 Å². The number of rotatable bonds is 0. The smallest absolute Gasteiger partial charge is 0.0637 e. The van der Waals surface area contributed by atoms with Crippen LogP contribution in [0.1, 0.15) is 19.3 Å². The molecule has 2 saturated heterocycles. The van der Waals surface area contributed by atoms with Crippen molar-refractivity contribution in [1.29, 1.82) is 0 Å². The molecule has 2 heterocycles. The van der Waals surface area contributed by atoms with Crippen molar-refractivity contribution in [2.75, 3.05) is 19.7 Å². The van der Waals surface area contributed by atoms with Gasteiger partial charge in [0, 0.05) is 12.5 Å². The third-order valence-electron chi connectivity index (χ3n) is 2.55. The first-order valence-electron chi connectivity index (χ1n) is 4.29. The highest BCUT2D eigenvalue weighted by Gasteiger charge is 2.31. The van der Waals surface area contributed by atoms with Gasteiger partial charge < -0.3 is 10.1 Å². The highest BCUT2D eigenvalue weighted by molar-refractivity contribution is 4.81. The zero-order valence-corrected chi connectivity index (χ0v) is 6.31. The maximum Gasteiger partial charge on any atom is 0.0637 e. The minimum Gasteiger partial charge on any atom is -0.377 e. The van der Waals surface area contributed by atoms with Crippen LogP contribution in [0.25, 0.3) is 0 Å². The van der Waals surface area contributed by atoms with E-state index in [2.05, 4.69) is 5.32 Å². The number of ether oxygens (including phenoxy) is 1. The van der Waals surface area contributed by atoms with Gasteiger partial charge in [0.05, 0.1) is 12.7 Å². The molecule has 10 heavy (non-hydrogen) atoms. The molecule has 2 unspecified atom stereocenters. The second-order valence-electron chi connectivity index (χ2n) is 3.33. The SMILES string of the molecule is C1CCC2OCC2CNC1. The summed E-state index contributed by atoms with van der Waals surface area (Å²) in [5.41, 5.74) is 0. The molecule has 0 aromatic carbocycles. The van der Waals surface area contributed by atoms with Crippen molar-refractivity contribution < 1.29 is 4.74 Å². The second kappa shape index (κ2) is 2.89. The maximum atomic E-state index is 5.43. The average molecular weight is 141 g/mol. The third-order valence-corrected chi connectivity index (χ3v) is 2.55. The lowest BCUT2D eigenvalue weighted by atomic mass is 9.92. The minimum atomic E-state index is 0.604. The van der Waals surface area contributed by atoms with Crippen LogP contribution in [-0.4, -0.2) is 25.8 Å². The molecule has 0 aromatic rings. The Labute approximate surface area is 61.9 Å². The minimum absolute atomic E-state index is 0.604. The van der Waals surface area contributed by atoms with Crippen molar-refractivity contribution in [1.82, 2.24) is 5.32 Å². The largest absolute Gasteiger partial charge is 0.377 e. The van der Waals surface area contributed by atoms with Crippen molar-refractivity contribution in [2.45, 2.75) is 25.4 Å². The van der Waals surface area contributed by atoms with Gasteiger partial charge in [-0.25, -0.2) is 0 Å². The molecule has 2 aliphatic rings. The summed E-state index contributed by atoms with van der Waals surface area (Å²) >= 11 is 0. The van der Waals surface area contributed by atoms with Crippen LogP contribution in [0.3, 0.4) is 0 Å². The number of fused-ring (bicyclic) bond motifs is 1. The van der Waals surface area contributed by atoms with E-state index in [-0.39, 0.29) is 0 Å². The first-order valence-corrected chi connectivity index (χ1v) is 4.29. The summed E-state index contributed by atoms with van der Waals surface area (Å²) in [6.45, 7) is 3.39. The molecule has 2 fully saturated rings. The van der Waals surface area contributed by atoms with E-state index >= 15 is 0 Å². The lowest BCUT2D eigenvalue weighted by Gasteiger charge is -2.38. The average Bonchev–Trinajstić information content (AvgIpc) is 1.89. The fraction of sp³-hybridized carbons (Fsp3) is 1.00. The molecule has 2 aliphatic heterocycles. The Morgan fingerprint density at radius 1 is 1.30 bits per heavy atom. The fourth-order valence-corrected chi connectivity index (χ4v) is 1.76. The van der Waals surface area contributed by atoms with Crippen LogP contribution in [-0.2, 0) is 4.74 Å². The third kappa shape index (κ3) is 1.18. The van der Waals surface area contributed by atoms with Crippen LogP contribution in [0.2, 0.25) is 0 Å². The van der Waals surface area contributed by atoms with Gasteiger partial charge in [-0.3, -0.25) is 0 Å². The molecule has 2 heteroatoms. The Bertz CT molecular complexity index is 102. The fourth-order valence-electron chi connectivity index (χ4n) is 1.76. The summed E-state index contributed by atoms with van der Waals surface area (Å²) in [5, 5.41) is 3.44. The summed E-state index contributed by atoms with van der Waals surface area (Å²) in [6.07, 6.45) is 4.57. The standard InChI is InChI=1S/C8H15NO/c1-2-4-9-5-7-6-10-8(7)3-1/h7-9H,1-6H2. The van der Waals surface area contributed by atoms with Gasteiger partial charge in [-0.2, -0.15) is 0 Å². The molecular weight excluding hydrogens is 126 g/mol. The normalized spacial score (nSPS) is 40.8. The molecule has 2 rings (SSSR count). The van der Waals surface area contributed by atoms with Gasteiger partial charge in [-0.15, -0.1) is 0 Å². The summed E-state index contributed by atoms with van der Waals surface area (Å²) in [6, 6.07) is 0. The first-order chi connectivity index (χ1) is 4.97. The topological polar surface area (TPSA) is 21.3 Å². The van der Waals surface area contributed by atoms with Gasteiger partial charge in [0.2, 0.25) is 0 Å². The molecule has 0 amide bonds. The maximum absolute atomic E-state index is 5.43. The van der Waals surface area contributed by atoms with Gasteiger partial charge >= 0.3 is 0 Å². The predicted octanol–water partition coefficient (Wildman–Crippen LogP) is 0.775. The summed E-state index contributed by atoms with van der Waals surface area (Å²) in [4.78, 5) is 0. The van der Waals surface area contributed by atoms with Crippen molar-refractivity contribution in [3.63, 3.8) is 0 Å². The van der Waals surface area contributed by atoms with Crippen molar-refractivity contribution in [3.8, 4) is 0 Å². The molecule has 1 N–H and O–H groups in total. The summed E-state index contributed by atoms with van der Waals surface area (Å²) < 4.78 is 5.43. The quantitative estimate of drug-likeness (QED) is 0.538. The molecule has 0 bridgehead atoms. The summed E-state index contributed by atoms with van der Waals surface area (Å²) in [7, 11) is 0. The Balaban J connectivity index is 1.83. The zero-order chi connectivity index (χ0) is 6.81. The van der Waals surface area contributed by atoms with Crippen LogP contribution in [0.15, 0.2) is 0 Å². The molecule has 2 atom stereocenters. The Morgan fingerprint density at radius 2 is 2.30 bits per heavy atom. The Kier molecular flexibility index (Phi) is 1.91. The van der Waals surface area contributed by atoms with Gasteiger partial charge in [-0.05, 0) is 25.8 Å². The van der Waals surface area contributed by atoms with E-state index in [0.29, 0.717) is 6.10 Å². The number of hydrogen-bond donors (Lipinski definition) is 1. The molecular formula is C8H15NO. The van der Waals surface area contributed by atoms with E-state index in [0.717, 1.165) is 12.5 Å². The Hall–Kier alpha value is -0.0800. The van der Waals surface area contributed by atoms with E-state index in [1.165, 1.54) is 32.4 Å². The van der Waals surface area contributed by atoms with E-state index in [4.69, 9.17) is 4.74 Å².